The number of hydrogen-bond donors (Lipinski definition) is 0. The molecule has 0 N–H and O–H groups in total. The molecule has 1 nitrogen and oxygen atoms in total. The van der Waals surface area contributed by atoms with Gasteiger partial charge in [0, 0.05) is 11.8 Å². The molecule has 0 aliphatic carbocycles. The summed E-state index contributed by atoms with van der Waals surface area (Å²) in [6.45, 7) is 0. The molecular formula is C13H10N. The van der Waals surface area contributed by atoms with Crippen molar-refractivity contribution < 1.29 is 0 Å². The van der Waals surface area contributed by atoms with Gasteiger partial charge in [0.1, 0.15) is 0 Å². The van der Waals surface area contributed by atoms with Crippen LogP contribution in [0.2, 0.25) is 0 Å². The summed E-state index contributed by atoms with van der Waals surface area (Å²) in [5.41, 5.74) is 2.18. The quantitative estimate of drug-likeness (QED) is 0.692. The monoisotopic (exact) mass is 180 g/mol. The largest absolute Gasteiger partial charge is 0.254 e. The Labute approximate surface area is 83.7 Å². The van der Waals surface area contributed by atoms with Crippen LogP contribution >= 0.6 is 0 Å². The fourth-order valence-corrected chi connectivity index (χ4v) is 1.18. The van der Waals surface area contributed by atoms with Gasteiger partial charge in [0.25, 0.3) is 0 Å². The molecule has 67 valence electrons. The summed E-state index contributed by atoms with van der Waals surface area (Å²) < 4.78 is 0. The van der Waals surface area contributed by atoms with Crippen molar-refractivity contribution in [3.05, 3.63) is 66.0 Å². The van der Waals surface area contributed by atoms with Gasteiger partial charge in [-0.25, -0.2) is 0 Å². The minimum atomic E-state index is 0.997. The van der Waals surface area contributed by atoms with Gasteiger partial charge in [0.05, 0.1) is 6.20 Å². The highest BCUT2D eigenvalue weighted by Gasteiger charge is 1.85. The average molecular weight is 180 g/mol. The zero-order valence-electron chi connectivity index (χ0n) is 7.72. The van der Waals surface area contributed by atoms with Crippen LogP contribution in [0.15, 0.2) is 48.7 Å². The highest BCUT2D eigenvalue weighted by Crippen LogP contribution is 2.05. The molecule has 0 unspecified atom stereocenters. The highest BCUT2D eigenvalue weighted by atomic mass is 14.6. The van der Waals surface area contributed by atoms with Gasteiger partial charge >= 0.3 is 0 Å². The maximum absolute atomic E-state index is 3.92. The van der Waals surface area contributed by atoms with Gasteiger partial charge in [-0.2, -0.15) is 0 Å². The SMILES string of the molecule is [c]1ncccc1C=Cc1ccccc1. The Balaban J connectivity index is 2.16. The van der Waals surface area contributed by atoms with Crippen LogP contribution in [-0.4, -0.2) is 4.98 Å². The summed E-state index contributed by atoms with van der Waals surface area (Å²) >= 11 is 0. The van der Waals surface area contributed by atoms with Crippen molar-refractivity contribution in [3.63, 3.8) is 0 Å². The molecule has 14 heavy (non-hydrogen) atoms. The first-order chi connectivity index (χ1) is 6.95. The number of rotatable bonds is 2. The summed E-state index contributed by atoms with van der Waals surface area (Å²) in [7, 11) is 0. The van der Waals surface area contributed by atoms with E-state index in [-0.39, 0.29) is 0 Å². The molecule has 1 aromatic carbocycles. The maximum Gasteiger partial charge on any atom is 0.0964 e. The number of aromatic nitrogens is 1. The van der Waals surface area contributed by atoms with Crippen LogP contribution in [-0.2, 0) is 0 Å². The topological polar surface area (TPSA) is 12.9 Å². The Bertz CT molecular complexity index is 362. The standard InChI is InChI=1S/C13H10N/c1-2-5-12(6-3-1)8-9-13-7-4-10-14-11-13/h1-10H. The summed E-state index contributed by atoms with van der Waals surface area (Å²) in [5.74, 6) is 0. The summed E-state index contributed by atoms with van der Waals surface area (Å²) in [6.07, 6.45) is 8.68. The molecular weight excluding hydrogens is 170 g/mol. The zero-order valence-corrected chi connectivity index (χ0v) is 7.72. The van der Waals surface area contributed by atoms with E-state index in [9.17, 15) is 0 Å². The van der Waals surface area contributed by atoms with Crippen molar-refractivity contribution in [2.45, 2.75) is 0 Å². The second kappa shape index (κ2) is 4.38. The van der Waals surface area contributed by atoms with Gasteiger partial charge in [0.2, 0.25) is 0 Å². The third-order valence-corrected chi connectivity index (χ3v) is 1.88. The Hall–Kier alpha value is -1.89. The van der Waals surface area contributed by atoms with Crippen molar-refractivity contribution in [2.75, 3.05) is 0 Å². The number of benzene rings is 1. The average Bonchev–Trinajstić information content (AvgIpc) is 2.29. The first-order valence-corrected chi connectivity index (χ1v) is 4.51. The minimum Gasteiger partial charge on any atom is -0.254 e. The van der Waals surface area contributed by atoms with Crippen LogP contribution in [0, 0.1) is 6.20 Å². The van der Waals surface area contributed by atoms with Crippen LogP contribution in [0.1, 0.15) is 11.1 Å². The summed E-state index contributed by atoms with van der Waals surface area (Å²) in [4.78, 5) is 3.92. The molecule has 0 fully saturated rings. The van der Waals surface area contributed by atoms with E-state index in [1.165, 1.54) is 5.56 Å². The van der Waals surface area contributed by atoms with E-state index in [2.05, 4.69) is 23.3 Å². The second-order valence-electron chi connectivity index (χ2n) is 2.95. The second-order valence-corrected chi connectivity index (χ2v) is 2.95. The molecule has 1 heteroatoms. The lowest BCUT2D eigenvalue weighted by Gasteiger charge is -1.91. The highest BCUT2D eigenvalue weighted by molar-refractivity contribution is 5.68. The molecule has 0 spiro atoms. The van der Waals surface area contributed by atoms with Crippen molar-refractivity contribution in [3.8, 4) is 0 Å². The van der Waals surface area contributed by atoms with E-state index >= 15 is 0 Å². The van der Waals surface area contributed by atoms with E-state index in [0.717, 1.165) is 5.56 Å². The Morgan fingerprint density at radius 1 is 0.929 bits per heavy atom. The molecule has 2 aromatic rings. The molecule has 0 atom stereocenters. The van der Waals surface area contributed by atoms with Gasteiger partial charge < -0.3 is 0 Å². The molecule has 1 heterocycles. The Morgan fingerprint density at radius 2 is 1.79 bits per heavy atom. The molecule has 0 saturated heterocycles. The van der Waals surface area contributed by atoms with Crippen molar-refractivity contribution in [1.82, 2.24) is 4.98 Å². The summed E-state index contributed by atoms with van der Waals surface area (Å²) in [5, 5.41) is 0. The van der Waals surface area contributed by atoms with Gasteiger partial charge in [-0.1, -0.05) is 48.6 Å². The van der Waals surface area contributed by atoms with E-state index < -0.39 is 0 Å². The molecule has 2 rings (SSSR count). The lowest BCUT2D eigenvalue weighted by Crippen LogP contribution is -1.74. The smallest absolute Gasteiger partial charge is 0.0964 e. The Morgan fingerprint density at radius 3 is 2.50 bits per heavy atom. The fraction of sp³-hybridized carbons (Fsp3) is 0. The predicted molar refractivity (Wildman–Crippen MR) is 58.4 cm³/mol. The van der Waals surface area contributed by atoms with Crippen molar-refractivity contribution >= 4 is 12.2 Å². The number of hydrogen-bond acceptors (Lipinski definition) is 1. The fourth-order valence-electron chi connectivity index (χ4n) is 1.18. The zero-order chi connectivity index (χ0) is 9.64. The number of nitrogens with zero attached hydrogens (tertiary/aromatic N) is 1. The van der Waals surface area contributed by atoms with Crippen LogP contribution < -0.4 is 0 Å². The lowest BCUT2D eigenvalue weighted by molar-refractivity contribution is 1.30. The first kappa shape index (κ1) is 8.70. The van der Waals surface area contributed by atoms with Crippen LogP contribution in [0.25, 0.3) is 12.2 Å². The van der Waals surface area contributed by atoms with Gasteiger partial charge in [-0.15, -0.1) is 0 Å². The van der Waals surface area contributed by atoms with E-state index in [4.69, 9.17) is 0 Å². The molecule has 1 aromatic heterocycles. The van der Waals surface area contributed by atoms with E-state index in [1.54, 1.807) is 6.20 Å². The molecule has 0 amide bonds. The predicted octanol–water partition coefficient (Wildman–Crippen LogP) is 3.05. The lowest BCUT2D eigenvalue weighted by atomic mass is 10.2. The van der Waals surface area contributed by atoms with E-state index in [0.29, 0.717) is 0 Å². The third kappa shape index (κ3) is 2.30. The molecule has 0 aliphatic rings. The van der Waals surface area contributed by atoms with Crippen molar-refractivity contribution in [1.29, 1.82) is 0 Å². The molecule has 0 bridgehead atoms. The first-order valence-electron chi connectivity index (χ1n) is 4.51. The van der Waals surface area contributed by atoms with Crippen LogP contribution in [0.3, 0.4) is 0 Å². The van der Waals surface area contributed by atoms with Gasteiger partial charge in [-0.3, -0.25) is 4.98 Å². The van der Waals surface area contributed by atoms with Crippen LogP contribution in [0.5, 0.6) is 0 Å². The van der Waals surface area contributed by atoms with Crippen LogP contribution in [0.4, 0.5) is 0 Å². The molecule has 1 radical (unpaired) electrons. The summed E-state index contributed by atoms with van der Waals surface area (Å²) in [6, 6.07) is 14.1. The molecule has 0 saturated carbocycles. The number of pyridine rings is 1. The third-order valence-electron chi connectivity index (χ3n) is 1.88. The minimum absolute atomic E-state index is 0.997. The normalized spacial score (nSPS) is 10.6. The molecule has 0 aliphatic heterocycles. The Kier molecular flexibility index (Phi) is 2.72. The van der Waals surface area contributed by atoms with E-state index in [1.807, 2.05) is 42.5 Å². The van der Waals surface area contributed by atoms with Crippen molar-refractivity contribution in [2.24, 2.45) is 0 Å². The van der Waals surface area contributed by atoms with Gasteiger partial charge in [0.15, 0.2) is 0 Å². The maximum atomic E-state index is 3.92. The van der Waals surface area contributed by atoms with Gasteiger partial charge in [-0.05, 0) is 11.6 Å².